The molecule has 2 aromatic rings. The zero-order valence-corrected chi connectivity index (χ0v) is 7.60. The lowest BCUT2D eigenvalue weighted by Crippen LogP contribution is -2.01. The Kier molecular flexibility index (Phi) is 2.10. The van der Waals surface area contributed by atoms with Crippen molar-refractivity contribution in [1.82, 2.24) is 10.2 Å². The molecule has 0 atom stereocenters. The van der Waals surface area contributed by atoms with Crippen molar-refractivity contribution >= 4 is 16.9 Å². The van der Waals surface area contributed by atoms with Gasteiger partial charge >= 0.3 is 5.97 Å². The molecular weight excluding hydrogens is 180 g/mol. The summed E-state index contributed by atoms with van der Waals surface area (Å²) in [5, 5.41) is 8.56. The molecule has 0 radical (unpaired) electrons. The van der Waals surface area contributed by atoms with Crippen LogP contribution in [0.3, 0.4) is 0 Å². The summed E-state index contributed by atoms with van der Waals surface area (Å²) < 4.78 is 4.94. The minimum atomic E-state index is -0.327. The molecular formula is C10H8N2O2. The minimum Gasteiger partial charge on any atom is -0.427 e. The Hall–Kier alpha value is -1.97. The normalized spacial score (nSPS) is 10.1. The Balaban J connectivity index is 2.46. The average molecular weight is 188 g/mol. The van der Waals surface area contributed by atoms with E-state index in [9.17, 15) is 4.79 Å². The van der Waals surface area contributed by atoms with E-state index in [2.05, 4.69) is 10.2 Å². The zero-order chi connectivity index (χ0) is 9.97. The van der Waals surface area contributed by atoms with Crippen LogP contribution in [-0.4, -0.2) is 16.2 Å². The van der Waals surface area contributed by atoms with E-state index in [4.69, 9.17) is 4.74 Å². The number of nitrogens with zero attached hydrogens (tertiary/aromatic N) is 2. The van der Waals surface area contributed by atoms with E-state index >= 15 is 0 Å². The van der Waals surface area contributed by atoms with Gasteiger partial charge in [-0.25, -0.2) is 0 Å². The maximum Gasteiger partial charge on any atom is 0.308 e. The maximum absolute atomic E-state index is 10.7. The van der Waals surface area contributed by atoms with Gasteiger partial charge in [-0.2, -0.15) is 10.2 Å². The van der Waals surface area contributed by atoms with Crippen LogP contribution in [0.2, 0.25) is 0 Å². The van der Waals surface area contributed by atoms with Crippen LogP contribution < -0.4 is 4.74 Å². The molecule has 0 unspecified atom stereocenters. The fourth-order valence-corrected chi connectivity index (χ4v) is 1.20. The molecule has 0 N–H and O–H groups in total. The topological polar surface area (TPSA) is 52.1 Å². The Bertz CT molecular complexity index is 482. The summed E-state index contributed by atoms with van der Waals surface area (Å²) in [5.74, 6) is 0.198. The van der Waals surface area contributed by atoms with Crippen LogP contribution in [0.15, 0.2) is 30.5 Å². The summed E-state index contributed by atoms with van der Waals surface area (Å²) >= 11 is 0. The fraction of sp³-hybridized carbons (Fsp3) is 0.100. The highest BCUT2D eigenvalue weighted by molar-refractivity contribution is 5.80. The number of fused-ring (bicyclic) bond motifs is 1. The first-order chi connectivity index (χ1) is 6.75. The molecule has 14 heavy (non-hydrogen) atoms. The molecule has 0 saturated carbocycles. The van der Waals surface area contributed by atoms with Crippen molar-refractivity contribution in [2.24, 2.45) is 0 Å². The molecule has 0 aliphatic heterocycles. The average Bonchev–Trinajstić information content (AvgIpc) is 2.17. The summed E-state index contributed by atoms with van der Waals surface area (Å²) in [7, 11) is 0. The van der Waals surface area contributed by atoms with Gasteiger partial charge in [0.15, 0.2) is 0 Å². The van der Waals surface area contributed by atoms with Gasteiger partial charge < -0.3 is 4.74 Å². The molecule has 0 spiro atoms. The maximum atomic E-state index is 10.7. The smallest absolute Gasteiger partial charge is 0.308 e. The lowest BCUT2D eigenvalue weighted by molar-refractivity contribution is -0.131. The van der Waals surface area contributed by atoms with E-state index in [-0.39, 0.29) is 5.97 Å². The Morgan fingerprint density at radius 1 is 1.36 bits per heavy atom. The minimum absolute atomic E-state index is 0.327. The molecule has 1 aromatic carbocycles. The largest absolute Gasteiger partial charge is 0.427 e. The predicted molar refractivity (Wildman–Crippen MR) is 50.8 cm³/mol. The second kappa shape index (κ2) is 3.41. The van der Waals surface area contributed by atoms with Gasteiger partial charge in [0.25, 0.3) is 0 Å². The lowest BCUT2D eigenvalue weighted by atomic mass is 10.2. The molecule has 4 heteroatoms. The molecule has 70 valence electrons. The Morgan fingerprint density at radius 3 is 3.00 bits per heavy atom. The third-order valence-electron chi connectivity index (χ3n) is 1.75. The zero-order valence-electron chi connectivity index (χ0n) is 7.60. The van der Waals surface area contributed by atoms with E-state index in [0.29, 0.717) is 5.75 Å². The molecule has 0 fully saturated rings. The van der Waals surface area contributed by atoms with Gasteiger partial charge in [0.05, 0.1) is 11.7 Å². The number of carbonyl (C=O) groups excluding carboxylic acids is 1. The molecule has 0 amide bonds. The third-order valence-corrected chi connectivity index (χ3v) is 1.75. The highest BCUT2D eigenvalue weighted by Crippen LogP contribution is 2.18. The van der Waals surface area contributed by atoms with Crippen molar-refractivity contribution in [2.75, 3.05) is 0 Å². The number of benzene rings is 1. The van der Waals surface area contributed by atoms with Gasteiger partial charge in [0.1, 0.15) is 5.75 Å². The van der Waals surface area contributed by atoms with Crippen LogP contribution in [0.4, 0.5) is 0 Å². The second-order valence-electron chi connectivity index (χ2n) is 2.85. The Labute approximate surface area is 80.5 Å². The van der Waals surface area contributed by atoms with Crippen LogP contribution in [0.5, 0.6) is 5.75 Å². The number of hydrogen-bond donors (Lipinski definition) is 0. The van der Waals surface area contributed by atoms with Gasteiger partial charge in [0, 0.05) is 12.3 Å². The Morgan fingerprint density at radius 2 is 2.21 bits per heavy atom. The van der Waals surface area contributed by atoms with E-state index in [1.807, 2.05) is 6.07 Å². The summed E-state index contributed by atoms with van der Waals surface area (Å²) in [6, 6.07) is 7.03. The van der Waals surface area contributed by atoms with Gasteiger partial charge in [-0.15, -0.1) is 0 Å². The summed E-state index contributed by atoms with van der Waals surface area (Å²) in [4.78, 5) is 10.7. The van der Waals surface area contributed by atoms with Crippen molar-refractivity contribution in [1.29, 1.82) is 0 Å². The van der Waals surface area contributed by atoms with Crippen molar-refractivity contribution in [3.05, 3.63) is 30.5 Å². The summed E-state index contributed by atoms with van der Waals surface area (Å²) in [5.41, 5.74) is 0.781. The molecule has 0 bridgehead atoms. The summed E-state index contributed by atoms with van der Waals surface area (Å²) in [6.45, 7) is 1.37. The molecule has 0 aliphatic carbocycles. The van der Waals surface area contributed by atoms with Gasteiger partial charge in [-0.3, -0.25) is 4.79 Å². The van der Waals surface area contributed by atoms with Gasteiger partial charge in [-0.05, 0) is 24.3 Å². The van der Waals surface area contributed by atoms with E-state index < -0.39 is 0 Å². The van der Waals surface area contributed by atoms with Crippen molar-refractivity contribution < 1.29 is 9.53 Å². The number of hydrogen-bond acceptors (Lipinski definition) is 4. The molecule has 0 aliphatic rings. The first kappa shape index (κ1) is 8.62. The quantitative estimate of drug-likeness (QED) is 0.503. The van der Waals surface area contributed by atoms with Crippen LogP contribution >= 0.6 is 0 Å². The van der Waals surface area contributed by atoms with E-state index in [1.165, 1.54) is 6.92 Å². The van der Waals surface area contributed by atoms with Crippen LogP contribution in [-0.2, 0) is 4.79 Å². The predicted octanol–water partition coefficient (Wildman–Crippen LogP) is 1.56. The third kappa shape index (κ3) is 1.69. The first-order valence-corrected chi connectivity index (χ1v) is 4.15. The first-order valence-electron chi connectivity index (χ1n) is 4.15. The number of carbonyl (C=O) groups is 1. The van der Waals surface area contributed by atoms with Gasteiger partial charge in [0.2, 0.25) is 0 Å². The fourth-order valence-electron chi connectivity index (χ4n) is 1.20. The number of aromatic nitrogens is 2. The van der Waals surface area contributed by atoms with E-state index in [0.717, 1.165) is 10.9 Å². The SMILES string of the molecule is CC(=O)Oc1ccc2nnccc2c1. The van der Waals surface area contributed by atoms with Crippen LogP contribution in [0.1, 0.15) is 6.92 Å². The highest BCUT2D eigenvalue weighted by atomic mass is 16.5. The van der Waals surface area contributed by atoms with Crippen molar-refractivity contribution in [2.45, 2.75) is 6.92 Å². The van der Waals surface area contributed by atoms with E-state index in [1.54, 1.807) is 24.4 Å². The number of ether oxygens (including phenoxy) is 1. The second-order valence-corrected chi connectivity index (χ2v) is 2.85. The van der Waals surface area contributed by atoms with Crippen molar-refractivity contribution in [3.8, 4) is 5.75 Å². The molecule has 2 rings (SSSR count). The lowest BCUT2D eigenvalue weighted by Gasteiger charge is -2.01. The number of esters is 1. The highest BCUT2D eigenvalue weighted by Gasteiger charge is 2.00. The monoisotopic (exact) mass is 188 g/mol. The van der Waals surface area contributed by atoms with Crippen LogP contribution in [0.25, 0.3) is 10.9 Å². The van der Waals surface area contributed by atoms with Crippen molar-refractivity contribution in [3.63, 3.8) is 0 Å². The molecule has 1 aromatic heterocycles. The molecule has 0 saturated heterocycles. The molecule has 4 nitrogen and oxygen atoms in total. The number of rotatable bonds is 1. The summed E-state index contributed by atoms with van der Waals surface area (Å²) in [6.07, 6.45) is 1.60. The standard InChI is InChI=1S/C10H8N2O2/c1-7(13)14-9-2-3-10-8(6-9)4-5-11-12-10/h2-6H,1H3. The van der Waals surface area contributed by atoms with Crippen LogP contribution in [0, 0.1) is 0 Å². The van der Waals surface area contributed by atoms with Gasteiger partial charge in [-0.1, -0.05) is 0 Å². The molecule has 1 heterocycles.